The minimum atomic E-state index is -0.648. The van der Waals surface area contributed by atoms with Crippen LogP contribution in [0.1, 0.15) is 17.5 Å². The van der Waals surface area contributed by atoms with E-state index in [4.69, 9.17) is 20.1 Å². The Morgan fingerprint density at radius 2 is 2.28 bits per heavy atom. The van der Waals surface area contributed by atoms with Gasteiger partial charge < -0.3 is 20.1 Å². The number of aromatic nitrogens is 2. The molecule has 0 fully saturated rings. The lowest BCUT2D eigenvalue weighted by Gasteiger charge is -2.04. The molecule has 1 heterocycles. The molecule has 0 spiro atoms. The number of nitrogens with two attached hydrogens (primary N) is 1. The first-order chi connectivity index (χ1) is 8.65. The van der Waals surface area contributed by atoms with E-state index in [0.29, 0.717) is 5.82 Å². The third-order valence-corrected chi connectivity index (χ3v) is 2.61. The van der Waals surface area contributed by atoms with Crippen LogP contribution in [0.5, 0.6) is 5.75 Å². The van der Waals surface area contributed by atoms with Gasteiger partial charge in [-0.1, -0.05) is 5.16 Å². The number of rotatable bonds is 4. The molecule has 0 aliphatic rings. The number of aliphatic hydroxyl groups excluding tert-OH is 1. The van der Waals surface area contributed by atoms with Gasteiger partial charge in [0.15, 0.2) is 0 Å². The van der Waals surface area contributed by atoms with Gasteiger partial charge in [-0.15, -0.1) is 0 Å². The second-order valence-electron chi connectivity index (χ2n) is 3.93. The number of methoxy groups -OCH3 is 1. The molecule has 1 aromatic carbocycles. The van der Waals surface area contributed by atoms with Crippen molar-refractivity contribution in [2.45, 2.75) is 13.0 Å². The Morgan fingerprint density at radius 3 is 2.89 bits per heavy atom. The Labute approximate surface area is 104 Å². The Hall–Kier alpha value is -1.92. The van der Waals surface area contributed by atoms with Gasteiger partial charge in [0.05, 0.1) is 13.7 Å². The number of hydrogen-bond acceptors (Lipinski definition) is 6. The van der Waals surface area contributed by atoms with Gasteiger partial charge in [-0.3, -0.25) is 0 Å². The van der Waals surface area contributed by atoms with Crippen LogP contribution in [0.4, 0.5) is 0 Å². The molecule has 1 aromatic heterocycles. The molecule has 0 saturated carbocycles. The number of aliphatic hydroxyl groups is 1. The highest BCUT2D eigenvalue weighted by Gasteiger charge is 2.15. The zero-order valence-corrected chi connectivity index (χ0v) is 10.3. The number of hydrogen-bond donors (Lipinski definition) is 2. The summed E-state index contributed by atoms with van der Waals surface area (Å²) in [5.74, 6) is 1.47. The van der Waals surface area contributed by atoms with Gasteiger partial charge in [0.1, 0.15) is 11.8 Å². The minimum absolute atomic E-state index is 0.223. The fraction of sp³-hybridized carbons (Fsp3) is 0.333. The van der Waals surface area contributed by atoms with Gasteiger partial charge >= 0.3 is 0 Å². The smallest absolute Gasteiger partial charge is 0.246 e. The molecule has 18 heavy (non-hydrogen) atoms. The van der Waals surface area contributed by atoms with Crippen molar-refractivity contribution in [2.24, 2.45) is 5.73 Å². The molecular formula is C12H15N3O3. The van der Waals surface area contributed by atoms with E-state index < -0.39 is 6.04 Å². The normalized spacial score (nSPS) is 12.4. The molecule has 1 atom stereocenters. The monoisotopic (exact) mass is 249 g/mol. The maximum atomic E-state index is 8.91. The Balaban J connectivity index is 2.31. The van der Waals surface area contributed by atoms with E-state index in [1.165, 1.54) is 0 Å². The van der Waals surface area contributed by atoms with E-state index >= 15 is 0 Å². The summed E-state index contributed by atoms with van der Waals surface area (Å²) < 4.78 is 10.2. The predicted molar refractivity (Wildman–Crippen MR) is 65.0 cm³/mol. The van der Waals surface area contributed by atoms with Crippen LogP contribution >= 0.6 is 0 Å². The van der Waals surface area contributed by atoms with Crippen molar-refractivity contribution in [3.8, 4) is 17.1 Å². The van der Waals surface area contributed by atoms with Crippen molar-refractivity contribution >= 4 is 0 Å². The summed E-state index contributed by atoms with van der Waals surface area (Å²) in [4.78, 5) is 4.14. The summed E-state index contributed by atoms with van der Waals surface area (Å²) in [5, 5.41) is 12.7. The van der Waals surface area contributed by atoms with Crippen LogP contribution in [0, 0.1) is 6.92 Å². The fourth-order valence-corrected chi connectivity index (χ4v) is 1.60. The lowest BCUT2D eigenvalue weighted by Crippen LogP contribution is -2.14. The van der Waals surface area contributed by atoms with Crippen molar-refractivity contribution < 1.29 is 14.4 Å². The molecule has 96 valence electrons. The van der Waals surface area contributed by atoms with Crippen LogP contribution in [-0.2, 0) is 0 Å². The highest BCUT2D eigenvalue weighted by atomic mass is 16.5. The van der Waals surface area contributed by atoms with Crippen LogP contribution in [0.25, 0.3) is 11.4 Å². The fourth-order valence-electron chi connectivity index (χ4n) is 1.60. The van der Waals surface area contributed by atoms with Crippen molar-refractivity contribution in [1.29, 1.82) is 0 Å². The SMILES string of the molecule is COc1ccc(-c2noc([C@@H](N)CO)n2)cc1C. The third kappa shape index (κ3) is 2.34. The quantitative estimate of drug-likeness (QED) is 0.840. The van der Waals surface area contributed by atoms with Crippen LogP contribution in [0.3, 0.4) is 0 Å². The highest BCUT2D eigenvalue weighted by Crippen LogP contribution is 2.24. The van der Waals surface area contributed by atoms with Crippen molar-refractivity contribution in [3.63, 3.8) is 0 Å². The first-order valence-corrected chi connectivity index (χ1v) is 5.50. The average molecular weight is 249 g/mol. The van der Waals surface area contributed by atoms with Crippen LogP contribution in [0.15, 0.2) is 22.7 Å². The number of ether oxygens (including phenoxy) is 1. The summed E-state index contributed by atoms with van der Waals surface area (Å²) >= 11 is 0. The second kappa shape index (κ2) is 5.16. The minimum Gasteiger partial charge on any atom is -0.496 e. The Kier molecular flexibility index (Phi) is 3.59. The van der Waals surface area contributed by atoms with Crippen molar-refractivity contribution in [2.75, 3.05) is 13.7 Å². The van der Waals surface area contributed by atoms with Crippen molar-refractivity contribution in [3.05, 3.63) is 29.7 Å². The molecule has 2 aromatic rings. The molecule has 6 nitrogen and oxygen atoms in total. The topological polar surface area (TPSA) is 94.4 Å². The summed E-state index contributed by atoms with van der Waals surface area (Å²) in [6.45, 7) is 1.70. The van der Waals surface area contributed by atoms with Crippen LogP contribution in [0.2, 0.25) is 0 Å². The second-order valence-corrected chi connectivity index (χ2v) is 3.93. The molecule has 6 heteroatoms. The summed E-state index contributed by atoms with van der Waals surface area (Å²) in [6.07, 6.45) is 0. The van der Waals surface area contributed by atoms with Gasteiger partial charge in [0.2, 0.25) is 11.7 Å². The number of aryl methyl sites for hydroxylation is 1. The van der Waals surface area contributed by atoms with Gasteiger partial charge in [-0.2, -0.15) is 4.98 Å². The van der Waals surface area contributed by atoms with E-state index in [1.807, 2.05) is 25.1 Å². The Morgan fingerprint density at radius 1 is 1.50 bits per heavy atom. The highest BCUT2D eigenvalue weighted by molar-refractivity contribution is 5.58. The number of benzene rings is 1. The van der Waals surface area contributed by atoms with Crippen molar-refractivity contribution in [1.82, 2.24) is 10.1 Å². The number of nitrogens with zero attached hydrogens (tertiary/aromatic N) is 2. The zero-order valence-electron chi connectivity index (χ0n) is 10.3. The lowest BCUT2D eigenvalue weighted by atomic mass is 10.1. The summed E-state index contributed by atoms with van der Waals surface area (Å²) in [6, 6.07) is 4.93. The Bertz CT molecular complexity index is 539. The maximum absolute atomic E-state index is 8.91. The van der Waals surface area contributed by atoms with E-state index in [0.717, 1.165) is 16.9 Å². The third-order valence-electron chi connectivity index (χ3n) is 2.61. The molecule has 0 bridgehead atoms. The first-order valence-electron chi connectivity index (χ1n) is 5.50. The van der Waals surface area contributed by atoms with E-state index in [2.05, 4.69) is 10.1 Å². The van der Waals surface area contributed by atoms with Crippen LogP contribution in [-0.4, -0.2) is 29.0 Å². The van der Waals surface area contributed by atoms with Gasteiger partial charge in [-0.25, -0.2) is 0 Å². The molecular weight excluding hydrogens is 234 g/mol. The first kappa shape index (κ1) is 12.5. The lowest BCUT2D eigenvalue weighted by molar-refractivity contribution is 0.237. The molecule has 0 aliphatic carbocycles. The zero-order chi connectivity index (χ0) is 13.1. The average Bonchev–Trinajstić information content (AvgIpc) is 2.87. The summed E-state index contributed by atoms with van der Waals surface area (Å²) in [7, 11) is 1.62. The van der Waals surface area contributed by atoms with Gasteiger partial charge in [0, 0.05) is 5.56 Å². The molecule has 0 unspecified atom stereocenters. The molecule has 0 saturated heterocycles. The maximum Gasteiger partial charge on any atom is 0.246 e. The molecule has 0 radical (unpaired) electrons. The van der Waals surface area contributed by atoms with E-state index in [1.54, 1.807) is 7.11 Å². The molecule has 2 rings (SSSR count). The van der Waals surface area contributed by atoms with Gasteiger partial charge in [0.25, 0.3) is 0 Å². The van der Waals surface area contributed by atoms with Crippen LogP contribution < -0.4 is 10.5 Å². The van der Waals surface area contributed by atoms with Gasteiger partial charge in [-0.05, 0) is 30.7 Å². The molecule has 0 amide bonds. The van der Waals surface area contributed by atoms with E-state index in [-0.39, 0.29) is 12.5 Å². The largest absolute Gasteiger partial charge is 0.496 e. The molecule has 0 aliphatic heterocycles. The standard InChI is InChI=1S/C12H15N3O3/c1-7-5-8(3-4-10(7)17-2)11-14-12(18-15-11)9(13)6-16/h3-5,9,16H,6,13H2,1-2H3/t9-/m0/s1. The molecule has 3 N–H and O–H groups in total. The summed E-state index contributed by atoms with van der Waals surface area (Å²) in [5.41, 5.74) is 7.39. The predicted octanol–water partition coefficient (Wildman–Crippen LogP) is 1.05. The van der Waals surface area contributed by atoms with E-state index in [9.17, 15) is 0 Å².